The van der Waals surface area contributed by atoms with Crippen LogP contribution in [0.2, 0.25) is 0 Å². The normalized spacial score (nSPS) is 14.2. The summed E-state index contributed by atoms with van der Waals surface area (Å²) in [7, 11) is 1.38. The first kappa shape index (κ1) is 59.1. The number of carboxylic acid groups (broad SMARTS) is 1. The molecule has 0 aromatic heterocycles. The third-order valence-electron chi connectivity index (χ3n) is 10.6. The zero-order valence-corrected chi connectivity index (χ0v) is 42.1. The van der Waals surface area contributed by atoms with Crippen molar-refractivity contribution in [3.63, 3.8) is 0 Å². The van der Waals surface area contributed by atoms with Crippen molar-refractivity contribution >= 4 is 59.3 Å². The molecule has 0 fully saturated rings. The number of aliphatic carboxylic acids is 1. The summed E-state index contributed by atoms with van der Waals surface area (Å²) in [6.07, 6.45) is -0.907. The van der Waals surface area contributed by atoms with Crippen LogP contribution in [-0.2, 0) is 60.7 Å². The third-order valence-corrected chi connectivity index (χ3v) is 10.6. The van der Waals surface area contributed by atoms with Gasteiger partial charge in [0.1, 0.15) is 47.9 Å². The molecule has 9 amide bonds. The minimum atomic E-state index is -1.21. The maximum atomic E-state index is 13.8. The molecule has 2 aromatic carbocycles. The highest BCUT2D eigenvalue weighted by atomic mass is 16.6. The van der Waals surface area contributed by atoms with E-state index in [1.54, 1.807) is 95.3 Å². The van der Waals surface area contributed by atoms with Crippen LogP contribution in [0.3, 0.4) is 0 Å². The highest BCUT2D eigenvalue weighted by Gasteiger charge is 2.34. The van der Waals surface area contributed by atoms with Crippen molar-refractivity contribution in [2.24, 2.45) is 11.8 Å². The molecule has 0 spiro atoms. The molecule has 21 nitrogen and oxygen atoms in total. The number of rotatable bonds is 26. The number of hydrogen-bond acceptors (Lipinski definition) is 11. The molecule has 70 heavy (non-hydrogen) atoms. The van der Waals surface area contributed by atoms with Gasteiger partial charge in [0.2, 0.25) is 47.3 Å². The van der Waals surface area contributed by atoms with Crippen LogP contribution in [0.4, 0.5) is 4.79 Å². The number of carbonyl (C=O) groups excluding carboxylic acids is 9. The molecule has 0 aliphatic heterocycles. The topological polar surface area (TPSA) is 300 Å². The molecule has 0 heterocycles. The molecule has 7 atom stereocenters. The second kappa shape index (κ2) is 28.4. The third kappa shape index (κ3) is 21.5. The molecule has 9 N–H and O–H groups in total. The molecular weight excluding hydrogens is 907 g/mol. The van der Waals surface area contributed by atoms with E-state index in [-0.39, 0.29) is 38.1 Å². The van der Waals surface area contributed by atoms with Crippen LogP contribution in [0.1, 0.15) is 93.2 Å². The minimum Gasteiger partial charge on any atom is -0.481 e. The second-order valence-electron chi connectivity index (χ2n) is 18.9. The van der Waals surface area contributed by atoms with Gasteiger partial charge < -0.3 is 57.3 Å². The lowest BCUT2D eigenvalue weighted by atomic mass is 10.0. The largest absolute Gasteiger partial charge is 0.481 e. The molecule has 0 aliphatic rings. The van der Waals surface area contributed by atoms with Gasteiger partial charge in [0.05, 0.1) is 13.0 Å². The van der Waals surface area contributed by atoms with Gasteiger partial charge in [-0.2, -0.15) is 0 Å². The Labute approximate surface area is 410 Å². The first-order valence-corrected chi connectivity index (χ1v) is 23.3. The van der Waals surface area contributed by atoms with Crippen molar-refractivity contribution < 1.29 is 57.8 Å². The Kier molecular flexibility index (Phi) is 24.0. The lowest BCUT2D eigenvalue weighted by Gasteiger charge is -2.30. The van der Waals surface area contributed by atoms with E-state index in [4.69, 9.17) is 9.84 Å². The summed E-state index contributed by atoms with van der Waals surface area (Å²) in [6, 6.07) is 9.62. The van der Waals surface area contributed by atoms with E-state index >= 15 is 0 Å². The standard InChI is InChI=1S/C49H73N9O12/c1-28(2)24-35(44(65)52-30(5)42(63)57-40(29(3)4)46(67)56-36(25-33-18-14-12-15-19-33)43(64)50-23-22-39(60)61)55-38(59)27-51-45(66)37(26-34-20-16-13-17-21-34)58(11)47(68)32(7)53-41(62)31(6)54-48(69)70-49(8,9)10/h12-21,28-32,35-37,40H,22-27H2,1-11H3,(H,50,64)(H,51,66)(H,52,65)(H,53,62)(H,54,69)(H,55,59)(H,56,67)(H,57,63)(H,60,61). The predicted molar refractivity (Wildman–Crippen MR) is 259 cm³/mol. The minimum absolute atomic E-state index is 0.0314. The first-order chi connectivity index (χ1) is 32.7. The lowest BCUT2D eigenvalue weighted by Crippen LogP contribution is -2.59. The van der Waals surface area contributed by atoms with Gasteiger partial charge in [0, 0.05) is 26.4 Å². The van der Waals surface area contributed by atoms with Crippen LogP contribution in [0, 0.1) is 11.8 Å². The predicted octanol–water partition coefficient (Wildman–Crippen LogP) is 1.09. The lowest BCUT2D eigenvalue weighted by molar-refractivity contribution is -0.142. The molecule has 2 rings (SSSR count). The van der Waals surface area contributed by atoms with Crippen LogP contribution in [-0.4, -0.2) is 137 Å². The first-order valence-electron chi connectivity index (χ1n) is 23.3. The maximum absolute atomic E-state index is 13.8. The number of carbonyl (C=O) groups is 10. The smallest absolute Gasteiger partial charge is 0.408 e. The Balaban J connectivity index is 2.14. The van der Waals surface area contributed by atoms with Crippen LogP contribution in [0.15, 0.2) is 60.7 Å². The molecule has 0 saturated carbocycles. The number of nitrogens with one attached hydrogen (secondary N) is 8. The number of ether oxygens (including phenoxy) is 1. The molecule has 7 unspecified atom stereocenters. The number of benzene rings is 2. The van der Waals surface area contributed by atoms with Crippen LogP contribution >= 0.6 is 0 Å². The van der Waals surface area contributed by atoms with Gasteiger partial charge in [-0.15, -0.1) is 0 Å². The van der Waals surface area contributed by atoms with Crippen molar-refractivity contribution in [3.8, 4) is 0 Å². The summed E-state index contributed by atoms with van der Waals surface area (Å²) in [5.74, 6) is -7.27. The molecule has 0 saturated heterocycles. The monoisotopic (exact) mass is 980 g/mol. The number of carboxylic acids is 1. The quantitative estimate of drug-likeness (QED) is 0.0640. The second-order valence-corrected chi connectivity index (χ2v) is 18.9. The summed E-state index contributed by atoms with van der Waals surface area (Å²) in [6.45, 7) is 15.5. The van der Waals surface area contributed by atoms with Gasteiger partial charge in [-0.05, 0) is 70.9 Å². The summed E-state index contributed by atoms with van der Waals surface area (Å²) >= 11 is 0. The molecular formula is C49H73N9O12. The molecule has 0 radical (unpaired) electrons. The molecule has 2 aromatic rings. The number of amides is 9. The number of nitrogens with zero attached hydrogens (tertiary/aromatic N) is 1. The highest BCUT2D eigenvalue weighted by Crippen LogP contribution is 2.13. The van der Waals surface area contributed by atoms with E-state index in [1.165, 1.54) is 27.8 Å². The number of hydrogen-bond donors (Lipinski definition) is 9. The van der Waals surface area contributed by atoms with E-state index in [2.05, 4.69) is 42.5 Å². The Morgan fingerprint density at radius 1 is 0.586 bits per heavy atom. The molecule has 0 bridgehead atoms. The van der Waals surface area contributed by atoms with E-state index < -0.39 is 120 Å². The Bertz CT molecular complexity index is 2110. The van der Waals surface area contributed by atoms with E-state index in [1.807, 2.05) is 13.8 Å². The van der Waals surface area contributed by atoms with Crippen molar-refractivity contribution in [2.45, 2.75) is 143 Å². The van der Waals surface area contributed by atoms with Crippen LogP contribution in [0.5, 0.6) is 0 Å². The number of likely N-dealkylation sites (N-methyl/N-ethyl adjacent to an activating group) is 1. The zero-order valence-electron chi connectivity index (χ0n) is 42.1. The Morgan fingerprint density at radius 3 is 1.64 bits per heavy atom. The molecule has 0 aliphatic carbocycles. The average molecular weight is 980 g/mol. The fourth-order valence-electron chi connectivity index (χ4n) is 6.81. The van der Waals surface area contributed by atoms with Crippen molar-refractivity contribution in [1.82, 2.24) is 47.4 Å². The van der Waals surface area contributed by atoms with Gasteiger partial charge in [-0.3, -0.25) is 43.2 Å². The summed E-state index contributed by atoms with van der Waals surface area (Å²) < 4.78 is 5.20. The van der Waals surface area contributed by atoms with Crippen molar-refractivity contribution in [1.29, 1.82) is 0 Å². The van der Waals surface area contributed by atoms with Crippen molar-refractivity contribution in [2.75, 3.05) is 20.1 Å². The fraction of sp³-hybridized carbons (Fsp3) is 0.551. The van der Waals surface area contributed by atoms with Gasteiger partial charge in [0.15, 0.2) is 0 Å². The zero-order chi connectivity index (χ0) is 52.9. The highest BCUT2D eigenvalue weighted by molar-refractivity contribution is 5.97. The molecule has 21 heteroatoms. The van der Waals surface area contributed by atoms with Gasteiger partial charge in [-0.25, -0.2) is 4.79 Å². The van der Waals surface area contributed by atoms with Gasteiger partial charge in [-0.1, -0.05) is 88.4 Å². The Hall–Kier alpha value is -7.06. The maximum Gasteiger partial charge on any atom is 0.408 e. The van der Waals surface area contributed by atoms with E-state index in [9.17, 15) is 47.9 Å². The summed E-state index contributed by atoms with van der Waals surface area (Å²) in [4.78, 5) is 132. The van der Waals surface area contributed by atoms with Gasteiger partial charge in [0.25, 0.3) is 0 Å². The summed E-state index contributed by atoms with van der Waals surface area (Å²) in [5.41, 5.74) is 0.605. The van der Waals surface area contributed by atoms with Crippen molar-refractivity contribution in [3.05, 3.63) is 71.8 Å². The van der Waals surface area contributed by atoms with Crippen LogP contribution in [0.25, 0.3) is 0 Å². The van der Waals surface area contributed by atoms with Gasteiger partial charge >= 0.3 is 12.1 Å². The molecule has 386 valence electrons. The number of alkyl carbamates (subject to hydrolysis) is 1. The fourth-order valence-corrected chi connectivity index (χ4v) is 6.81. The summed E-state index contributed by atoms with van der Waals surface area (Å²) in [5, 5.41) is 29.6. The van der Waals surface area contributed by atoms with Crippen LogP contribution < -0.4 is 42.5 Å². The Morgan fingerprint density at radius 2 is 1.11 bits per heavy atom. The average Bonchev–Trinajstić information content (AvgIpc) is 3.27. The SMILES string of the molecule is CC(C)CC(NC(=O)CNC(=O)C(Cc1ccccc1)N(C)C(=O)C(C)NC(=O)C(C)NC(=O)OC(C)(C)C)C(=O)NC(C)C(=O)NC(C(=O)NC(Cc1ccccc1)C(=O)NCCC(=O)O)C(C)C. The van der Waals surface area contributed by atoms with E-state index in [0.29, 0.717) is 5.56 Å². The van der Waals surface area contributed by atoms with E-state index in [0.717, 1.165) is 10.5 Å².